The van der Waals surface area contributed by atoms with E-state index in [4.69, 9.17) is 4.74 Å². The molecule has 3 nitrogen and oxygen atoms in total. The van der Waals surface area contributed by atoms with Crippen LogP contribution in [0.4, 0.5) is 0 Å². The zero-order chi connectivity index (χ0) is 15.4. The number of nitrogens with zero attached hydrogens (tertiary/aromatic N) is 1. The van der Waals surface area contributed by atoms with Crippen LogP contribution in [0.25, 0.3) is 0 Å². The van der Waals surface area contributed by atoms with Crippen molar-refractivity contribution in [3.05, 3.63) is 58.3 Å². The van der Waals surface area contributed by atoms with Gasteiger partial charge in [-0.3, -0.25) is 4.79 Å². The standard InChI is InChI=1S/C18H21NO2S/c1-14-13-21-16(10-15-6-3-2-4-7-15)12-19(14)18(20)11-17-8-5-9-22-17/h2-9,14,16H,10-13H2,1H3. The van der Waals surface area contributed by atoms with Crippen molar-refractivity contribution in [3.63, 3.8) is 0 Å². The van der Waals surface area contributed by atoms with Crippen molar-refractivity contribution in [2.24, 2.45) is 0 Å². The molecule has 1 aliphatic rings. The maximum absolute atomic E-state index is 12.6. The number of rotatable bonds is 4. The SMILES string of the molecule is CC1COC(Cc2ccccc2)CN1C(=O)Cc1cccs1. The van der Waals surface area contributed by atoms with Gasteiger partial charge in [0.05, 0.1) is 25.2 Å². The first-order chi connectivity index (χ1) is 10.7. The summed E-state index contributed by atoms with van der Waals surface area (Å²) in [6.07, 6.45) is 1.45. The highest BCUT2D eigenvalue weighted by Crippen LogP contribution is 2.18. The Morgan fingerprint density at radius 3 is 2.82 bits per heavy atom. The van der Waals surface area contributed by atoms with Crippen molar-refractivity contribution in [1.82, 2.24) is 4.90 Å². The second-order valence-corrected chi connectivity index (χ2v) is 6.83. The summed E-state index contributed by atoms with van der Waals surface area (Å²) in [6, 6.07) is 14.5. The Morgan fingerprint density at radius 2 is 2.09 bits per heavy atom. The molecular formula is C18H21NO2S. The smallest absolute Gasteiger partial charge is 0.228 e. The molecular weight excluding hydrogens is 294 g/mol. The summed E-state index contributed by atoms with van der Waals surface area (Å²) in [5.41, 5.74) is 1.26. The normalized spacial score (nSPS) is 21.8. The van der Waals surface area contributed by atoms with Gasteiger partial charge in [0.2, 0.25) is 5.91 Å². The second-order valence-electron chi connectivity index (χ2n) is 5.80. The first-order valence-electron chi connectivity index (χ1n) is 7.70. The molecule has 1 aromatic carbocycles. The molecule has 1 aliphatic heterocycles. The van der Waals surface area contributed by atoms with Crippen LogP contribution in [0, 0.1) is 0 Å². The Bertz CT molecular complexity index is 597. The molecule has 22 heavy (non-hydrogen) atoms. The molecule has 0 bridgehead atoms. The minimum Gasteiger partial charge on any atom is -0.374 e. The maximum Gasteiger partial charge on any atom is 0.228 e. The quantitative estimate of drug-likeness (QED) is 0.867. The predicted octanol–water partition coefficient (Wildman–Crippen LogP) is 3.15. The fourth-order valence-electron chi connectivity index (χ4n) is 2.83. The molecule has 1 amide bonds. The van der Waals surface area contributed by atoms with Crippen molar-refractivity contribution in [3.8, 4) is 0 Å². The van der Waals surface area contributed by atoms with Crippen molar-refractivity contribution in [1.29, 1.82) is 0 Å². The summed E-state index contributed by atoms with van der Waals surface area (Å²) in [5, 5.41) is 2.02. The minimum atomic E-state index is 0.0888. The van der Waals surface area contributed by atoms with E-state index in [-0.39, 0.29) is 18.1 Å². The first kappa shape index (κ1) is 15.3. The Labute approximate surface area is 135 Å². The van der Waals surface area contributed by atoms with Crippen LogP contribution in [0.2, 0.25) is 0 Å². The van der Waals surface area contributed by atoms with E-state index in [0.29, 0.717) is 19.6 Å². The van der Waals surface area contributed by atoms with Crippen LogP contribution in [0.3, 0.4) is 0 Å². The maximum atomic E-state index is 12.6. The number of morpholine rings is 1. The summed E-state index contributed by atoms with van der Waals surface area (Å²) < 4.78 is 5.92. The third kappa shape index (κ3) is 3.76. The second kappa shape index (κ2) is 7.07. The van der Waals surface area contributed by atoms with Gasteiger partial charge in [0.25, 0.3) is 0 Å². The van der Waals surface area contributed by atoms with E-state index in [0.717, 1.165) is 11.3 Å². The van der Waals surface area contributed by atoms with Crippen LogP contribution in [-0.2, 0) is 22.4 Å². The van der Waals surface area contributed by atoms with Gasteiger partial charge in [-0.25, -0.2) is 0 Å². The average molecular weight is 315 g/mol. The van der Waals surface area contributed by atoms with Gasteiger partial charge in [-0.05, 0) is 23.9 Å². The Balaban J connectivity index is 1.62. The Morgan fingerprint density at radius 1 is 1.27 bits per heavy atom. The zero-order valence-corrected chi connectivity index (χ0v) is 13.6. The van der Waals surface area contributed by atoms with Gasteiger partial charge in [0.1, 0.15) is 0 Å². The summed E-state index contributed by atoms with van der Waals surface area (Å²) in [7, 11) is 0. The van der Waals surface area contributed by atoms with Crippen molar-refractivity contribution in [2.75, 3.05) is 13.2 Å². The molecule has 2 atom stereocenters. The van der Waals surface area contributed by atoms with Crippen molar-refractivity contribution >= 4 is 17.2 Å². The Hall–Kier alpha value is -1.65. The van der Waals surface area contributed by atoms with E-state index in [1.807, 2.05) is 40.6 Å². The fraction of sp³-hybridized carbons (Fsp3) is 0.389. The van der Waals surface area contributed by atoms with E-state index in [1.165, 1.54) is 5.56 Å². The number of ether oxygens (including phenoxy) is 1. The monoisotopic (exact) mass is 315 g/mol. The molecule has 0 spiro atoms. The van der Waals surface area contributed by atoms with Gasteiger partial charge in [0.15, 0.2) is 0 Å². The predicted molar refractivity (Wildman–Crippen MR) is 89.1 cm³/mol. The highest BCUT2D eigenvalue weighted by atomic mass is 32.1. The Kier molecular flexibility index (Phi) is 4.90. The van der Waals surface area contributed by atoms with Gasteiger partial charge in [-0.2, -0.15) is 0 Å². The average Bonchev–Trinajstić information content (AvgIpc) is 3.03. The molecule has 0 N–H and O–H groups in total. The lowest BCUT2D eigenvalue weighted by molar-refractivity contribution is -0.143. The van der Waals surface area contributed by atoms with E-state index in [9.17, 15) is 4.79 Å². The third-order valence-electron chi connectivity index (χ3n) is 4.04. The zero-order valence-electron chi connectivity index (χ0n) is 12.8. The van der Waals surface area contributed by atoms with Crippen LogP contribution >= 0.6 is 11.3 Å². The van der Waals surface area contributed by atoms with E-state index >= 15 is 0 Å². The molecule has 116 valence electrons. The number of thiophene rings is 1. The molecule has 3 rings (SSSR count). The number of hydrogen-bond donors (Lipinski definition) is 0. The van der Waals surface area contributed by atoms with Crippen molar-refractivity contribution in [2.45, 2.75) is 31.9 Å². The van der Waals surface area contributed by atoms with Crippen LogP contribution in [0.5, 0.6) is 0 Å². The minimum absolute atomic E-state index is 0.0888. The molecule has 1 saturated heterocycles. The largest absolute Gasteiger partial charge is 0.374 e. The van der Waals surface area contributed by atoms with E-state index in [2.05, 4.69) is 19.1 Å². The first-order valence-corrected chi connectivity index (χ1v) is 8.57. The highest BCUT2D eigenvalue weighted by Gasteiger charge is 2.29. The van der Waals surface area contributed by atoms with Crippen molar-refractivity contribution < 1.29 is 9.53 Å². The lowest BCUT2D eigenvalue weighted by Gasteiger charge is -2.38. The molecule has 2 unspecified atom stereocenters. The van der Waals surface area contributed by atoms with Gasteiger partial charge in [0, 0.05) is 17.8 Å². The van der Waals surface area contributed by atoms with Crippen LogP contribution in [0.1, 0.15) is 17.4 Å². The number of carbonyl (C=O) groups is 1. The molecule has 2 aromatic rings. The van der Waals surface area contributed by atoms with Gasteiger partial charge in [-0.15, -0.1) is 11.3 Å². The number of hydrogen-bond acceptors (Lipinski definition) is 3. The fourth-order valence-corrected chi connectivity index (χ4v) is 3.53. The van der Waals surface area contributed by atoms with Crippen LogP contribution < -0.4 is 0 Å². The molecule has 0 saturated carbocycles. The molecule has 1 fully saturated rings. The van der Waals surface area contributed by atoms with E-state index < -0.39 is 0 Å². The summed E-state index contributed by atoms with van der Waals surface area (Å²) >= 11 is 1.64. The molecule has 0 radical (unpaired) electrons. The van der Waals surface area contributed by atoms with E-state index in [1.54, 1.807) is 11.3 Å². The summed E-state index contributed by atoms with van der Waals surface area (Å²) in [4.78, 5) is 15.7. The third-order valence-corrected chi connectivity index (χ3v) is 4.91. The summed E-state index contributed by atoms with van der Waals surface area (Å²) in [5.74, 6) is 0.205. The van der Waals surface area contributed by atoms with Crippen LogP contribution in [0.15, 0.2) is 47.8 Å². The highest BCUT2D eigenvalue weighted by molar-refractivity contribution is 7.10. The number of amides is 1. The molecule has 4 heteroatoms. The van der Waals surface area contributed by atoms with Gasteiger partial charge >= 0.3 is 0 Å². The summed E-state index contributed by atoms with van der Waals surface area (Å²) in [6.45, 7) is 3.36. The number of benzene rings is 1. The van der Waals surface area contributed by atoms with Gasteiger partial charge < -0.3 is 9.64 Å². The van der Waals surface area contributed by atoms with Crippen LogP contribution in [-0.4, -0.2) is 36.1 Å². The lowest BCUT2D eigenvalue weighted by atomic mass is 10.0. The topological polar surface area (TPSA) is 29.5 Å². The molecule has 1 aromatic heterocycles. The lowest BCUT2D eigenvalue weighted by Crippen LogP contribution is -2.52. The molecule has 2 heterocycles. The van der Waals surface area contributed by atoms with Gasteiger partial charge in [-0.1, -0.05) is 36.4 Å². The molecule has 0 aliphatic carbocycles. The number of carbonyl (C=O) groups excluding carboxylic acids is 1.